The largest absolute Gasteiger partial charge is 0.349 e. The van der Waals surface area contributed by atoms with E-state index in [9.17, 15) is 9.59 Å². The minimum atomic E-state index is -0.429. The maximum absolute atomic E-state index is 13.0. The van der Waals surface area contributed by atoms with Gasteiger partial charge in [0.25, 0.3) is 5.91 Å². The van der Waals surface area contributed by atoms with Crippen molar-refractivity contribution in [2.45, 2.75) is 32.7 Å². The van der Waals surface area contributed by atoms with Crippen LogP contribution in [0, 0.1) is 12.8 Å². The fourth-order valence-electron chi connectivity index (χ4n) is 4.04. The zero-order valence-electron chi connectivity index (χ0n) is 18.0. The van der Waals surface area contributed by atoms with Gasteiger partial charge in [0.15, 0.2) is 5.69 Å². The first kappa shape index (κ1) is 21.5. The number of carbonyl (C=O) groups is 1. The number of carbonyl (C=O) groups excluding carboxylic acids is 1. The number of hydrogen-bond donors (Lipinski definition) is 1. The molecule has 1 amide bonds. The lowest BCUT2D eigenvalue weighted by Crippen LogP contribution is -2.42. The van der Waals surface area contributed by atoms with Crippen LogP contribution in [-0.2, 0) is 0 Å². The highest BCUT2D eigenvalue weighted by Crippen LogP contribution is 2.29. The molecule has 7 heteroatoms. The van der Waals surface area contributed by atoms with Crippen LogP contribution in [0.3, 0.4) is 0 Å². The Balaban J connectivity index is 1.54. The lowest BCUT2D eigenvalue weighted by atomic mass is 9.97. The number of aromatic nitrogens is 2. The molecule has 0 radical (unpaired) electrons. The van der Waals surface area contributed by atoms with Gasteiger partial charge in [-0.3, -0.25) is 14.5 Å². The minimum absolute atomic E-state index is 0.0772. The van der Waals surface area contributed by atoms with Gasteiger partial charge in [0.05, 0.1) is 11.7 Å². The number of amides is 1. The Kier molecular flexibility index (Phi) is 6.63. The lowest BCUT2D eigenvalue weighted by Gasteiger charge is -2.36. The second-order valence-corrected chi connectivity index (χ2v) is 9.18. The fourth-order valence-corrected chi connectivity index (χ4v) is 4.90. The molecule has 31 heavy (non-hydrogen) atoms. The molecule has 3 aromatic rings. The van der Waals surface area contributed by atoms with Crippen LogP contribution in [0.5, 0.6) is 0 Å². The molecule has 1 aliphatic heterocycles. The van der Waals surface area contributed by atoms with Crippen molar-refractivity contribution in [1.82, 2.24) is 20.0 Å². The van der Waals surface area contributed by atoms with Gasteiger partial charge in [0, 0.05) is 23.2 Å². The molecule has 3 heterocycles. The quantitative estimate of drug-likeness (QED) is 0.638. The molecule has 162 valence electrons. The van der Waals surface area contributed by atoms with Gasteiger partial charge in [-0.15, -0.1) is 11.3 Å². The first-order chi connectivity index (χ1) is 15.0. The molecule has 1 aliphatic rings. The number of nitrogens with one attached hydrogen (secondary N) is 1. The monoisotopic (exact) mass is 436 g/mol. The molecular formula is C24H28N4O2S. The van der Waals surface area contributed by atoms with Gasteiger partial charge >= 0.3 is 0 Å². The summed E-state index contributed by atoms with van der Waals surface area (Å²) in [7, 11) is 0. The Labute approximate surface area is 186 Å². The first-order valence-electron chi connectivity index (χ1n) is 10.7. The van der Waals surface area contributed by atoms with Crippen LogP contribution in [0.2, 0.25) is 0 Å². The van der Waals surface area contributed by atoms with Crippen molar-refractivity contribution in [2.24, 2.45) is 5.92 Å². The van der Waals surface area contributed by atoms with E-state index in [1.165, 1.54) is 10.9 Å². The Morgan fingerprint density at radius 1 is 1.19 bits per heavy atom. The second kappa shape index (κ2) is 9.58. The number of likely N-dealkylation sites (tertiary alicyclic amines) is 1. The molecule has 0 spiro atoms. The Bertz CT molecular complexity index is 1070. The predicted octanol–water partition coefficient (Wildman–Crippen LogP) is 3.81. The first-order valence-corrected chi connectivity index (χ1v) is 11.6. The molecule has 1 fully saturated rings. The molecule has 4 rings (SSSR count). The van der Waals surface area contributed by atoms with Crippen LogP contribution >= 0.6 is 11.3 Å². The van der Waals surface area contributed by atoms with E-state index in [1.807, 2.05) is 43.3 Å². The third kappa shape index (κ3) is 4.94. The molecule has 0 saturated carbocycles. The summed E-state index contributed by atoms with van der Waals surface area (Å²) in [6, 6.07) is 15.3. The highest BCUT2D eigenvalue weighted by Gasteiger charge is 2.26. The van der Waals surface area contributed by atoms with Crippen molar-refractivity contribution in [3.05, 3.63) is 80.4 Å². The molecular weight excluding hydrogens is 408 g/mol. The second-order valence-electron chi connectivity index (χ2n) is 8.21. The van der Waals surface area contributed by atoms with Gasteiger partial charge in [-0.2, -0.15) is 5.10 Å². The number of nitrogens with zero attached hydrogens (tertiary/aromatic N) is 3. The van der Waals surface area contributed by atoms with Crippen molar-refractivity contribution >= 4 is 17.2 Å². The van der Waals surface area contributed by atoms with Gasteiger partial charge in [0.1, 0.15) is 0 Å². The molecule has 1 saturated heterocycles. The van der Waals surface area contributed by atoms with Crippen LogP contribution in [-0.4, -0.2) is 40.2 Å². The maximum Gasteiger partial charge on any atom is 0.275 e. The average molecular weight is 437 g/mol. The number of hydrogen-bond acceptors (Lipinski definition) is 5. The van der Waals surface area contributed by atoms with Crippen molar-refractivity contribution in [1.29, 1.82) is 0 Å². The molecule has 1 atom stereocenters. The van der Waals surface area contributed by atoms with E-state index in [4.69, 9.17) is 0 Å². The normalized spacial score (nSPS) is 16.2. The van der Waals surface area contributed by atoms with Crippen molar-refractivity contribution in [2.75, 3.05) is 19.6 Å². The summed E-state index contributed by atoms with van der Waals surface area (Å²) in [4.78, 5) is 29.2. The number of aryl methyl sites for hydroxylation is 1. The Morgan fingerprint density at radius 2 is 1.94 bits per heavy atom. The Morgan fingerprint density at radius 3 is 2.61 bits per heavy atom. The molecule has 0 aliphatic carbocycles. The van der Waals surface area contributed by atoms with Crippen LogP contribution in [0.1, 0.15) is 46.9 Å². The third-order valence-corrected chi connectivity index (χ3v) is 6.88. The number of para-hydroxylation sites is 1. The third-order valence-electron chi connectivity index (χ3n) is 5.91. The summed E-state index contributed by atoms with van der Waals surface area (Å²) in [5, 5.41) is 9.44. The van der Waals surface area contributed by atoms with E-state index in [0.29, 0.717) is 12.2 Å². The molecule has 6 nitrogen and oxygen atoms in total. The summed E-state index contributed by atoms with van der Waals surface area (Å²) in [5.41, 5.74) is 1.06. The van der Waals surface area contributed by atoms with E-state index < -0.39 is 5.91 Å². The SMILES string of the molecule is Cc1cc(=O)c(C(=O)NCC(c2cccs2)N2CCC(C)CC2)nn1-c1ccccc1. The van der Waals surface area contributed by atoms with Gasteiger partial charge in [-0.05, 0) is 62.4 Å². The fraction of sp³-hybridized carbons (Fsp3) is 0.375. The standard InChI is InChI=1S/C24H28N4O2S/c1-17-10-12-27(13-11-17)20(22-9-6-14-31-22)16-25-24(30)23-21(29)15-18(2)28(26-23)19-7-4-3-5-8-19/h3-9,14-15,17,20H,10-13,16H2,1-2H3,(H,25,30). The smallest absolute Gasteiger partial charge is 0.275 e. The zero-order chi connectivity index (χ0) is 21.8. The number of benzene rings is 1. The van der Waals surface area contributed by atoms with E-state index >= 15 is 0 Å². The average Bonchev–Trinajstić information content (AvgIpc) is 3.30. The highest BCUT2D eigenvalue weighted by atomic mass is 32.1. The zero-order valence-corrected chi connectivity index (χ0v) is 18.8. The minimum Gasteiger partial charge on any atom is -0.349 e. The van der Waals surface area contributed by atoms with Crippen LogP contribution in [0.4, 0.5) is 0 Å². The van der Waals surface area contributed by atoms with Crippen LogP contribution < -0.4 is 10.7 Å². The Hall–Kier alpha value is -2.77. The lowest BCUT2D eigenvalue weighted by molar-refractivity contribution is 0.0907. The maximum atomic E-state index is 13.0. The van der Waals surface area contributed by atoms with Gasteiger partial charge in [-0.1, -0.05) is 31.2 Å². The van der Waals surface area contributed by atoms with E-state index in [0.717, 1.165) is 37.5 Å². The summed E-state index contributed by atoms with van der Waals surface area (Å²) < 4.78 is 1.64. The molecule has 0 bridgehead atoms. The summed E-state index contributed by atoms with van der Waals surface area (Å²) in [6.07, 6.45) is 2.33. The number of rotatable bonds is 6. The summed E-state index contributed by atoms with van der Waals surface area (Å²) >= 11 is 1.70. The summed E-state index contributed by atoms with van der Waals surface area (Å²) in [6.45, 7) is 6.59. The molecule has 1 aromatic carbocycles. The van der Waals surface area contributed by atoms with E-state index in [-0.39, 0.29) is 17.2 Å². The topological polar surface area (TPSA) is 67.2 Å². The van der Waals surface area contributed by atoms with Crippen molar-refractivity contribution < 1.29 is 4.79 Å². The van der Waals surface area contributed by atoms with Crippen LogP contribution in [0.25, 0.3) is 5.69 Å². The van der Waals surface area contributed by atoms with Gasteiger partial charge in [-0.25, -0.2) is 4.68 Å². The molecule has 2 aromatic heterocycles. The highest BCUT2D eigenvalue weighted by molar-refractivity contribution is 7.10. The van der Waals surface area contributed by atoms with E-state index in [2.05, 4.69) is 33.7 Å². The number of piperidine rings is 1. The molecule has 1 N–H and O–H groups in total. The van der Waals surface area contributed by atoms with Gasteiger partial charge in [0.2, 0.25) is 5.43 Å². The summed E-state index contributed by atoms with van der Waals surface area (Å²) in [5.74, 6) is 0.310. The predicted molar refractivity (Wildman–Crippen MR) is 124 cm³/mol. The van der Waals surface area contributed by atoms with Crippen LogP contribution in [0.15, 0.2) is 58.7 Å². The van der Waals surface area contributed by atoms with Crippen molar-refractivity contribution in [3.8, 4) is 5.69 Å². The number of thiophene rings is 1. The molecule has 1 unspecified atom stereocenters. The van der Waals surface area contributed by atoms with Gasteiger partial charge < -0.3 is 5.32 Å². The van der Waals surface area contributed by atoms with Crippen molar-refractivity contribution in [3.63, 3.8) is 0 Å². The van der Waals surface area contributed by atoms with E-state index in [1.54, 1.807) is 16.0 Å².